The van der Waals surface area contributed by atoms with Gasteiger partial charge in [0.2, 0.25) is 0 Å². The van der Waals surface area contributed by atoms with E-state index in [1.807, 2.05) is 0 Å². The minimum atomic E-state index is -0.529. The van der Waals surface area contributed by atoms with Crippen molar-refractivity contribution in [3.63, 3.8) is 0 Å². The number of benzene rings is 2. The molecule has 23 heavy (non-hydrogen) atoms. The average molecular weight is 317 g/mol. The van der Waals surface area contributed by atoms with Crippen molar-refractivity contribution in [3.8, 4) is 11.5 Å². The van der Waals surface area contributed by atoms with E-state index in [1.54, 1.807) is 31.4 Å². The monoisotopic (exact) mass is 317 g/mol. The Kier molecular flexibility index (Phi) is 5.51. The number of carbonyl (C=O) groups excluding carboxylic acids is 1. The van der Waals surface area contributed by atoms with Gasteiger partial charge in [-0.1, -0.05) is 0 Å². The SMILES string of the molecule is COc1ccc(OCC(=O)OCc2ccc([N+](=O)[O-])cc2)cc1. The molecule has 0 fully saturated rings. The van der Waals surface area contributed by atoms with Crippen molar-refractivity contribution in [3.05, 3.63) is 64.2 Å². The molecule has 0 atom stereocenters. The lowest BCUT2D eigenvalue weighted by Gasteiger charge is -2.07. The van der Waals surface area contributed by atoms with Gasteiger partial charge in [-0.25, -0.2) is 4.79 Å². The summed E-state index contributed by atoms with van der Waals surface area (Å²) in [4.78, 5) is 21.7. The average Bonchev–Trinajstić information content (AvgIpc) is 2.59. The van der Waals surface area contributed by atoms with Crippen LogP contribution in [0.3, 0.4) is 0 Å². The highest BCUT2D eigenvalue weighted by atomic mass is 16.6. The first-order valence-corrected chi connectivity index (χ1v) is 6.74. The summed E-state index contributed by atoms with van der Waals surface area (Å²) in [6.07, 6.45) is 0. The Morgan fingerprint density at radius 1 is 1.04 bits per heavy atom. The first kappa shape index (κ1) is 16.3. The largest absolute Gasteiger partial charge is 0.497 e. The molecule has 120 valence electrons. The van der Waals surface area contributed by atoms with Crippen molar-refractivity contribution < 1.29 is 23.9 Å². The number of nitrogens with zero attached hydrogens (tertiary/aromatic N) is 1. The first-order chi connectivity index (χ1) is 11.1. The number of nitro groups is 1. The van der Waals surface area contributed by atoms with E-state index in [9.17, 15) is 14.9 Å². The summed E-state index contributed by atoms with van der Waals surface area (Å²) in [5, 5.41) is 10.5. The van der Waals surface area contributed by atoms with Crippen LogP contribution in [0.4, 0.5) is 5.69 Å². The van der Waals surface area contributed by atoms with Crippen molar-refractivity contribution in [2.75, 3.05) is 13.7 Å². The molecule has 0 aliphatic heterocycles. The Bertz CT molecular complexity index is 666. The number of methoxy groups -OCH3 is 1. The molecule has 2 aromatic rings. The van der Waals surface area contributed by atoms with E-state index < -0.39 is 10.9 Å². The van der Waals surface area contributed by atoms with Crippen LogP contribution in [0, 0.1) is 10.1 Å². The lowest BCUT2D eigenvalue weighted by Crippen LogP contribution is -2.14. The van der Waals surface area contributed by atoms with E-state index in [2.05, 4.69) is 0 Å². The third-order valence-corrected chi connectivity index (χ3v) is 2.96. The van der Waals surface area contributed by atoms with Gasteiger partial charge in [-0.05, 0) is 42.0 Å². The third-order valence-electron chi connectivity index (χ3n) is 2.96. The van der Waals surface area contributed by atoms with Crippen LogP contribution in [0.2, 0.25) is 0 Å². The fraction of sp³-hybridized carbons (Fsp3) is 0.188. The zero-order valence-corrected chi connectivity index (χ0v) is 12.4. The molecule has 0 amide bonds. The Balaban J connectivity index is 1.77. The van der Waals surface area contributed by atoms with Gasteiger partial charge < -0.3 is 14.2 Å². The summed E-state index contributed by atoms with van der Waals surface area (Å²) in [6, 6.07) is 12.6. The number of hydrogen-bond acceptors (Lipinski definition) is 6. The number of non-ortho nitro benzene ring substituents is 1. The van der Waals surface area contributed by atoms with Crippen molar-refractivity contribution >= 4 is 11.7 Å². The topological polar surface area (TPSA) is 87.9 Å². The molecule has 0 aliphatic rings. The van der Waals surface area contributed by atoms with Gasteiger partial charge in [-0.2, -0.15) is 0 Å². The van der Waals surface area contributed by atoms with E-state index in [1.165, 1.54) is 24.3 Å². The van der Waals surface area contributed by atoms with Crippen LogP contribution in [0.15, 0.2) is 48.5 Å². The molecule has 0 aromatic heterocycles. The van der Waals surface area contributed by atoms with Gasteiger partial charge in [0.1, 0.15) is 18.1 Å². The van der Waals surface area contributed by atoms with E-state index >= 15 is 0 Å². The Morgan fingerprint density at radius 3 is 2.22 bits per heavy atom. The zero-order chi connectivity index (χ0) is 16.7. The highest BCUT2D eigenvalue weighted by molar-refractivity contribution is 5.71. The second-order valence-electron chi connectivity index (χ2n) is 4.55. The van der Waals surface area contributed by atoms with Gasteiger partial charge in [-0.3, -0.25) is 10.1 Å². The van der Waals surface area contributed by atoms with E-state index in [0.29, 0.717) is 17.1 Å². The van der Waals surface area contributed by atoms with Gasteiger partial charge in [0, 0.05) is 12.1 Å². The van der Waals surface area contributed by atoms with Crippen molar-refractivity contribution in [1.82, 2.24) is 0 Å². The Labute approximate surface area is 132 Å². The molecule has 0 saturated carbocycles. The lowest BCUT2D eigenvalue weighted by molar-refractivity contribution is -0.384. The van der Waals surface area contributed by atoms with Crippen molar-refractivity contribution in [2.45, 2.75) is 6.61 Å². The second-order valence-corrected chi connectivity index (χ2v) is 4.55. The molecule has 0 radical (unpaired) electrons. The fourth-order valence-corrected chi connectivity index (χ4v) is 1.73. The summed E-state index contributed by atoms with van der Waals surface area (Å²) in [6.45, 7) is -0.192. The predicted octanol–water partition coefficient (Wildman–Crippen LogP) is 2.73. The number of hydrogen-bond donors (Lipinski definition) is 0. The maximum absolute atomic E-state index is 11.6. The van der Waals surface area contributed by atoms with Gasteiger partial charge in [-0.15, -0.1) is 0 Å². The van der Waals surface area contributed by atoms with Gasteiger partial charge in [0.05, 0.1) is 12.0 Å². The molecule has 0 saturated heterocycles. The fourth-order valence-electron chi connectivity index (χ4n) is 1.73. The molecule has 7 heteroatoms. The number of carbonyl (C=O) groups is 1. The van der Waals surface area contributed by atoms with Crippen LogP contribution in [0.25, 0.3) is 0 Å². The number of nitro benzene ring substituents is 1. The molecule has 7 nitrogen and oxygen atoms in total. The Hall–Kier alpha value is -3.09. The number of rotatable bonds is 7. The summed E-state index contributed by atoms with van der Waals surface area (Å²) in [7, 11) is 1.56. The van der Waals surface area contributed by atoms with E-state index in [0.717, 1.165) is 0 Å². The maximum Gasteiger partial charge on any atom is 0.344 e. The molecule has 2 rings (SSSR count). The molecule has 2 aromatic carbocycles. The first-order valence-electron chi connectivity index (χ1n) is 6.74. The summed E-state index contributed by atoms with van der Waals surface area (Å²) in [5.74, 6) is 0.690. The number of ether oxygens (including phenoxy) is 3. The smallest absolute Gasteiger partial charge is 0.344 e. The highest BCUT2D eigenvalue weighted by Gasteiger charge is 2.07. The molecule has 0 heterocycles. The van der Waals surface area contributed by atoms with Crippen LogP contribution in [0.5, 0.6) is 11.5 Å². The normalized spacial score (nSPS) is 9.96. The van der Waals surface area contributed by atoms with Crippen molar-refractivity contribution in [1.29, 1.82) is 0 Å². The van der Waals surface area contributed by atoms with E-state index in [4.69, 9.17) is 14.2 Å². The Morgan fingerprint density at radius 2 is 1.65 bits per heavy atom. The zero-order valence-electron chi connectivity index (χ0n) is 12.4. The molecular formula is C16H15NO6. The summed E-state index contributed by atoms with van der Waals surface area (Å²) < 4.78 is 15.3. The van der Waals surface area contributed by atoms with Crippen LogP contribution >= 0.6 is 0 Å². The molecular weight excluding hydrogens is 302 g/mol. The molecule has 0 N–H and O–H groups in total. The highest BCUT2D eigenvalue weighted by Crippen LogP contribution is 2.17. The van der Waals surface area contributed by atoms with Gasteiger partial charge in [0.15, 0.2) is 6.61 Å². The van der Waals surface area contributed by atoms with Crippen LogP contribution in [-0.4, -0.2) is 24.6 Å². The molecule has 0 aliphatic carbocycles. The minimum absolute atomic E-state index is 0.0112. The standard InChI is InChI=1S/C16H15NO6/c1-21-14-6-8-15(9-7-14)22-11-16(18)23-10-12-2-4-13(5-3-12)17(19)20/h2-9H,10-11H2,1H3. The second kappa shape index (κ2) is 7.79. The van der Waals surface area contributed by atoms with E-state index in [-0.39, 0.29) is 18.9 Å². The summed E-state index contributed by atoms with van der Waals surface area (Å²) >= 11 is 0. The summed E-state index contributed by atoms with van der Waals surface area (Å²) in [5.41, 5.74) is 0.649. The minimum Gasteiger partial charge on any atom is -0.497 e. The van der Waals surface area contributed by atoms with Crippen LogP contribution < -0.4 is 9.47 Å². The van der Waals surface area contributed by atoms with Gasteiger partial charge >= 0.3 is 5.97 Å². The number of esters is 1. The maximum atomic E-state index is 11.6. The quantitative estimate of drug-likeness (QED) is 0.443. The van der Waals surface area contributed by atoms with Crippen molar-refractivity contribution in [2.24, 2.45) is 0 Å². The molecule has 0 unspecified atom stereocenters. The molecule has 0 bridgehead atoms. The van der Waals surface area contributed by atoms with Crippen LogP contribution in [0.1, 0.15) is 5.56 Å². The predicted molar refractivity (Wildman–Crippen MR) is 81.4 cm³/mol. The third kappa shape index (κ3) is 4.99. The molecule has 0 spiro atoms. The van der Waals surface area contributed by atoms with Crippen LogP contribution in [-0.2, 0) is 16.1 Å². The lowest BCUT2D eigenvalue weighted by atomic mass is 10.2. The van der Waals surface area contributed by atoms with Gasteiger partial charge in [0.25, 0.3) is 5.69 Å².